The summed E-state index contributed by atoms with van der Waals surface area (Å²) in [6, 6.07) is 0. The minimum absolute atomic E-state index is 0.667. The molecule has 2 rings (SSSR count). The molecule has 2 saturated heterocycles. The minimum atomic E-state index is -1.74. The standard InChI is InChI=1S/C12H22O11/c13-1-3-5(15)6(16)9(19)12(22-3)23-10-4(2-14)21-11(20)8(18)7(10)17/h3-20H,1-2H2/t3-,4-,5-,6+,7-,8+,9+,10+,11+,12-/m0/s1. The second-order valence-corrected chi connectivity index (χ2v) is 5.53. The van der Waals surface area contributed by atoms with E-state index in [4.69, 9.17) is 19.3 Å². The SMILES string of the molecule is OC[C@@H]1O[C@@H](O[C@H]2[C@@H](O)[C@@H](O)[C@H](O)O[C@H]2CO)[C@H](O)[C@H](O)[C@H]1O. The zero-order valence-corrected chi connectivity index (χ0v) is 12.0. The van der Waals surface area contributed by atoms with Crippen molar-refractivity contribution in [1.29, 1.82) is 0 Å². The van der Waals surface area contributed by atoms with E-state index in [2.05, 4.69) is 0 Å². The summed E-state index contributed by atoms with van der Waals surface area (Å²) in [5.41, 5.74) is 0. The normalized spacial score (nSPS) is 51.7. The number of aliphatic hydroxyl groups excluding tert-OH is 8. The third kappa shape index (κ3) is 3.65. The molecule has 8 N–H and O–H groups in total. The Kier molecular flexibility index (Phi) is 6.27. The summed E-state index contributed by atoms with van der Waals surface area (Å²) in [5, 5.41) is 76.5. The first-order valence-electron chi connectivity index (χ1n) is 7.08. The van der Waals surface area contributed by atoms with E-state index in [1.165, 1.54) is 0 Å². The van der Waals surface area contributed by atoms with Crippen molar-refractivity contribution in [2.45, 2.75) is 61.4 Å². The van der Waals surface area contributed by atoms with Gasteiger partial charge in [-0.3, -0.25) is 0 Å². The van der Waals surface area contributed by atoms with E-state index in [-0.39, 0.29) is 0 Å². The van der Waals surface area contributed by atoms with Crippen molar-refractivity contribution >= 4 is 0 Å². The minimum Gasteiger partial charge on any atom is -0.394 e. The molecular formula is C12H22O11. The average molecular weight is 342 g/mol. The first-order chi connectivity index (χ1) is 10.8. The maximum atomic E-state index is 9.94. The molecule has 0 radical (unpaired) electrons. The Morgan fingerprint density at radius 3 is 1.83 bits per heavy atom. The zero-order valence-electron chi connectivity index (χ0n) is 12.0. The second-order valence-electron chi connectivity index (χ2n) is 5.53. The van der Waals surface area contributed by atoms with Gasteiger partial charge in [-0.25, -0.2) is 0 Å². The molecular weight excluding hydrogens is 320 g/mol. The molecule has 0 aliphatic carbocycles. The van der Waals surface area contributed by atoms with Crippen molar-refractivity contribution in [2.24, 2.45) is 0 Å². The van der Waals surface area contributed by atoms with E-state index >= 15 is 0 Å². The zero-order chi connectivity index (χ0) is 17.3. The molecule has 0 aromatic heterocycles. The Balaban J connectivity index is 2.11. The summed E-state index contributed by atoms with van der Waals surface area (Å²) in [4.78, 5) is 0. The summed E-state index contributed by atoms with van der Waals surface area (Å²) in [6.07, 6.45) is -15.6. The highest BCUT2D eigenvalue weighted by Crippen LogP contribution is 2.28. The van der Waals surface area contributed by atoms with Crippen LogP contribution in [0, 0.1) is 0 Å². The monoisotopic (exact) mass is 342 g/mol. The molecule has 0 amide bonds. The Hall–Kier alpha value is -0.440. The van der Waals surface area contributed by atoms with Crippen LogP contribution in [0.4, 0.5) is 0 Å². The van der Waals surface area contributed by atoms with Crippen LogP contribution in [0.5, 0.6) is 0 Å². The largest absolute Gasteiger partial charge is 0.394 e. The van der Waals surface area contributed by atoms with E-state index in [1.54, 1.807) is 0 Å². The lowest BCUT2D eigenvalue weighted by atomic mass is 9.97. The first-order valence-corrected chi connectivity index (χ1v) is 7.08. The lowest BCUT2D eigenvalue weighted by molar-refractivity contribution is -0.355. The van der Waals surface area contributed by atoms with Crippen LogP contribution in [0.2, 0.25) is 0 Å². The van der Waals surface area contributed by atoms with Crippen LogP contribution >= 0.6 is 0 Å². The van der Waals surface area contributed by atoms with Crippen molar-refractivity contribution in [3.8, 4) is 0 Å². The molecule has 23 heavy (non-hydrogen) atoms. The van der Waals surface area contributed by atoms with Crippen LogP contribution in [-0.2, 0) is 14.2 Å². The van der Waals surface area contributed by atoms with Crippen LogP contribution in [0.25, 0.3) is 0 Å². The van der Waals surface area contributed by atoms with Gasteiger partial charge in [0.15, 0.2) is 12.6 Å². The van der Waals surface area contributed by atoms with Gasteiger partial charge in [-0.2, -0.15) is 0 Å². The fourth-order valence-corrected chi connectivity index (χ4v) is 2.57. The summed E-state index contributed by atoms with van der Waals surface area (Å²) in [5.74, 6) is 0. The van der Waals surface area contributed by atoms with E-state index < -0.39 is 74.6 Å². The van der Waals surface area contributed by atoms with Gasteiger partial charge in [-0.1, -0.05) is 0 Å². The maximum Gasteiger partial charge on any atom is 0.187 e. The molecule has 10 atom stereocenters. The van der Waals surface area contributed by atoms with Gasteiger partial charge in [-0.05, 0) is 0 Å². The molecule has 2 aliphatic rings. The number of hydrogen-bond acceptors (Lipinski definition) is 11. The van der Waals surface area contributed by atoms with E-state index in [0.29, 0.717) is 0 Å². The van der Waals surface area contributed by atoms with Crippen LogP contribution in [0.15, 0.2) is 0 Å². The molecule has 2 heterocycles. The summed E-state index contributed by atoms with van der Waals surface area (Å²) >= 11 is 0. The lowest BCUT2D eigenvalue weighted by Crippen LogP contribution is -2.64. The van der Waals surface area contributed by atoms with Gasteiger partial charge in [0.25, 0.3) is 0 Å². The second kappa shape index (κ2) is 7.63. The highest BCUT2D eigenvalue weighted by molar-refractivity contribution is 4.93. The Morgan fingerprint density at radius 2 is 1.26 bits per heavy atom. The molecule has 2 fully saturated rings. The summed E-state index contributed by atoms with van der Waals surface area (Å²) < 4.78 is 15.3. The van der Waals surface area contributed by atoms with Crippen molar-refractivity contribution in [1.82, 2.24) is 0 Å². The fraction of sp³-hybridized carbons (Fsp3) is 1.00. The lowest BCUT2D eigenvalue weighted by Gasteiger charge is -2.45. The van der Waals surface area contributed by atoms with Gasteiger partial charge >= 0.3 is 0 Å². The highest BCUT2D eigenvalue weighted by atomic mass is 16.7. The van der Waals surface area contributed by atoms with Crippen molar-refractivity contribution in [2.75, 3.05) is 13.2 Å². The molecule has 11 nitrogen and oxygen atoms in total. The van der Waals surface area contributed by atoms with Gasteiger partial charge in [0.2, 0.25) is 0 Å². The predicted molar refractivity (Wildman–Crippen MR) is 68.6 cm³/mol. The van der Waals surface area contributed by atoms with Crippen molar-refractivity contribution < 1.29 is 55.1 Å². The third-order valence-corrected chi connectivity index (χ3v) is 3.98. The Morgan fingerprint density at radius 1 is 0.652 bits per heavy atom. The third-order valence-electron chi connectivity index (χ3n) is 3.98. The number of aliphatic hydroxyl groups is 8. The summed E-state index contributed by atoms with van der Waals surface area (Å²) in [6.45, 7) is -1.35. The molecule has 0 saturated carbocycles. The number of hydrogen-bond donors (Lipinski definition) is 8. The molecule has 0 aromatic carbocycles. The highest BCUT2D eigenvalue weighted by Gasteiger charge is 2.50. The van der Waals surface area contributed by atoms with Crippen molar-refractivity contribution in [3.63, 3.8) is 0 Å². The molecule has 0 bridgehead atoms. The van der Waals surface area contributed by atoms with Crippen LogP contribution in [0.1, 0.15) is 0 Å². The Labute approximate surface area is 130 Å². The van der Waals surface area contributed by atoms with Gasteiger partial charge in [-0.15, -0.1) is 0 Å². The quantitative estimate of drug-likeness (QED) is 0.243. The molecule has 0 unspecified atom stereocenters. The van der Waals surface area contributed by atoms with E-state index in [0.717, 1.165) is 0 Å². The van der Waals surface area contributed by atoms with Crippen molar-refractivity contribution in [3.05, 3.63) is 0 Å². The van der Waals surface area contributed by atoms with Crippen LogP contribution < -0.4 is 0 Å². The van der Waals surface area contributed by atoms with E-state index in [1.807, 2.05) is 0 Å². The first kappa shape index (κ1) is 18.9. The predicted octanol–water partition coefficient (Wildman–Crippen LogP) is -5.40. The van der Waals surface area contributed by atoms with Crippen LogP contribution in [-0.4, -0.2) is 115 Å². The van der Waals surface area contributed by atoms with E-state index in [9.17, 15) is 35.7 Å². The van der Waals surface area contributed by atoms with Gasteiger partial charge < -0.3 is 55.1 Å². The molecule has 11 heteroatoms. The molecule has 2 aliphatic heterocycles. The van der Waals surface area contributed by atoms with Gasteiger partial charge in [0.1, 0.15) is 48.8 Å². The van der Waals surface area contributed by atoms with Gasteiger partial charge in [0.05, 0.1) is 13.2 Å². The number of ether oxygens (including phenoxy) is 3. The smallest absolute Gasteiger partial charge is 0.187 e. The van der Waals surface area contributed by atoms with Crippen LogP contribution in [0.3, 0.4) is 0 Å². The Bertz CT molecular complexity index is 378. The molecule has 136 valence electrons. The maximum absolute atomic E-state index is 9.94. The average Bonchev–Trinajstić information content (AvgIpc) is 2.55. The fourth-order valence-electron chi connectivity index (χ4n) is 2.57. The molecule has 0 spiro atoms. The summed E-state index contributed by atoms with van der Waals surface area (Å²) in [7, 11) is 0. The molecule has 0 aromatic rings. The topological polar surface area (TPSA) is 190 Å². The number of rotatable bonds is 4. The van der Waals surface area contributed by atoms with Gasteiger partial charge in [0, 0.05) is 0 Å².